The second kappa shape index (κ2) is 7.73. The monoisotopic (exact) mass is 272 g/mol. The fourth-order valence-electron chi connectivity index (χ4n) is 2.13. The average Bonchev–Trinajstić information content (AvgIpc) is 2.35. The zero-order valence-electron chi connectivity index (χ0n) is 10.7. The van der Waals surface area contributed by atoms with E-state index in [9.17, 15) is 14.4 Å². The van der Waals surface area contributed by atoms with Crippen LogP contribution in [0.2, 0.25) is 0 Å². The van der Waals surface area contributed by atoms with Gasteiger partial charge in [0.05, 0.1) is 0 Å². The molecule has 19 heavy (non-hydrogen) atoms. The van der Waals surface area contributed by atoms with Gasteiger partial charge < -0.3 is 20.8 Å². The van der Waals surface area contributed by atoms with Gasteiger partial charge in [0.2, 0.25) is 5.91 Å². The summed E-state index contributed by atoms with van der Waals surface area (Å²) in [5, 5.41) is 23.0. The first kappa shape index (κ1) is 15.4. The Kier molecular flexibility index (Phi) is 6.27. The molecular weight excluding hydrogens is 252 g/mol. The average molecular weight is 272 g/mol. The van der Waals surface area contributed by atoms with Crippen molar-refractivity contribution < 1.29 is 24.6 Å². The lowest BCUT2D eigenvalue weighted by Gasteiger charge is -2.22. The van der Waals surface area contributed by atoms with E-state index >= 15 is 0 Å². The quantitative estimate of drug-likeness (QED) is 0.510. The zero-order chi connectivity index (χ0) is 14.3. The number of amides is 1. The van der Waals surface area contributed by atoms with Crippen molar-refractivity contribution in [1.29, 1.82) is 0 Å². The molecule has 1 amide bonds. The number of hydrogen-bond acceptors (Lipinski definition) is 4. The molecule has 0 unspecified atom stereocenters. The first-order valence-corrected chi connectivity index (χ1v) is 6.43. The molecule has 1 atom stereocenters. The van der Waals surface area contributed by atoms with Crippen LogP contribution in [-0.2, 0) is 14.4 Å². The summed E-state index contributed by atoms with van der Waals surface area (Å²) in [6, 6.07) is -1.12. The smallest absolute Gasteiger partial charge is 0.326 e. The summed E-state index contributed by atoms with van der Waals surface area (Å²) in [5.74, 6) is -2.31. The van der Waals surface area contributed by atoms with Crippen LogP contribution < -0.4 is 10.6 Å². The predicted molar refractivity (Wildman–Crippen MR) is 66.6 cm³/mol. The number of carboxylic acids is 2. The van der Waals surface area contributed by atoms with Crippen molar-refractivity contribution in [2.24, 2.45) is 5.92 Å². The van der Waals surface area contributed by atoms with E-state index in [1.54, 1.807) is 0 Å². The molecule has 1 heterocycles. The molecule has 0 spiro atoms. The summed E-state index contributed by atoms with van der Waals surface area (Å²) in [4.78, 5) is 33.1. The summed E-state index contributed by atoms with van der Waals surface area (Å²) in [6.45, 7) is 1.75. The maximum atomic E-state index is 11.7. The molecule has 1 rings (SSSR count). The summed E-state index contributed by atoms with van der Waals surface area (Å²) >= 11 is 0. The Morgan fingerprint density at radius 1 is 1.21 bits per heavy atom. The minimum atomic E-state index is -1.19. The lowest BCUT2D eigenvalue weighted by molar-refractivity contribution is -0.143. The number of piperidine rings is 1. The zero-order valence-corrected chi connectivity index (χ0v) is 10.7. The van der Waals surface area contributed by atoms with Crippen LogP contribution in [0.25, 0.3) is 0 Å². The molecule has 0 aromatic carbocycles. The Morgan fingerprint density at radius 3 is 2.37 bits per heavy atom. The number of carboxylic acid groups (broad SMARTS) is 2. The minimum Gasteiger partial charge on any atom is -0.481 e. The van der Waals surface area contributed by atoms with Crippen molar-refractivity contribution in [3.05, 3.63) is 0 Å². The van der Waals surface area contributed by atoms with Gasteiger partial charge in [-0.25, -0.2) is 4.79 Å². The molecule has 1 aliphatic rings. The third-order valence-electron chi connectivity index (χ3n) is 3.21. The Balaban J connectivity index is 2.37. The third-order valence-corrected chi connectivity index (χ3v) is 3.21. The lowest BCUT2D eigenvalue weighted by Crippen LogP contribution is -2.42. The Bertz CT molecular complexity index is 339. The van der Waals surface area contributed by atoms with E-state index in [-0.39, 0.29) is 24.7 Å². The Labute approximate surface area is 111 Å². The van der Waals surface area contributed by atoms with Gasteiger partial charge >= 0.3 is 11.9 Å². The summed E-state index contributed by atoms with van der Waals surface area (Å²) in [6.07, 6.45) is 1.74. The van der Waals surface area contributed by atoms with Gasteiger partial charge in [0, 0.05) is 12.8 Å². The van der Waals surface area contributed by atoms with E-state index < -0.39 is 18.0 Å². The van der Waals surface area contributed by atoms with E-state index in [2.05, 4.69) is 10.6 Å². The molecule has 1 aliphatic heterocycles. The Morgan fingerprint density at radius 2 is 1.84 bits per heavy atom. The molecule has 0 aliphatic carbocycles. The second-order valence-electron chi connectivity index (χ2n) is 4.79. The number of carbonyl (C=O) groups is 3. The largest absolute Gasteiger partial charge is 0.481 e. The van der Waals surface area contributed by atoms with E-state index in [1.807, 2.05) is 0 Å². The maximum absolute atomic E-state index is 11.7. The van der Waals surface area contributed by atoms with Gasteiger partial charge in [-0.3, -0.25) is 9.59 Å². The number of aliphatic carboxylic acids is 2. The number of hydrogen-bond donors (Lipinski definition) is 4. The van der Waals surface area contributed by atoms with Gasteiger partial charge in [0.15, 0.2) is 0 Å². The minimum absolute atomic E-state index is 0.0946. The molecule has 108 valence electrons. The third kappa shape index (κ3) is 6.19. The normalized spacial score (nSPS) is 17.7. The molecule has 1 saturated heterocycles. The van der Waals surface area contributed by atoms with Crippen molar-refractivity contribution in [2.45, 2.75) is 38.1 Å². The van der Waals surface area contributed by atoms with Crippen LogP contribution >= 0.6 is 0 Å². The van der Waals surface area contributed by atoms with Gasteiger partial charge in [0.25, 0.3) is 0 Å². The van der Waals surface area contributed by atoms with Crippen molar-refractivity contribution in [3.8, 4) is 0 Å². The summed E-state index contributed by atoms with van der Waals surface area (Å²) < 4.78 is 0. The highest BCUT2D eigenvalue weighted by atomic mass is 16.4. The van der Waals surface area contributed by atoms with Crippen LogP contribution in [-0.4, -0.2) is 47.2 Å². The molecule has 1 fully saturated rings. The lowest BCUT2D eigenvalue weighted by atomic mass is 9.94. The van der Waals surface area contributed by atoms with Crippen LogP contribution in [0.3, 0.4) is 0 Å². The fraction of sp³-hybridized carbons (Fsp3) is 0.750. The number of carbonyl (C=O) groups excluding carboxylic acids is 1. The maximum Gasteiger partial charge on any atom is 0.326 e. The SMILES string of the molecule is O=C(O)CC[C@H](NC(=O)CC1CCNCC1)C(=O)O. The standard InChI is InChI=1S/C12H20N2O5/c15-10(7-8-3-5-13-6-4-8)14-9(12(18)19)1-2-11(16)17/h8-9,13H,1-7H2,(H,14,15)(H,16,17)(H,18,19)/t9-/m0/s1. The van der Waals surface area contributed by atoms with Gasteiger partial charge in [-0.05, 0) is 38.3 Å². The van der Waals surface area contributed by atoms with Gasteiger partial charge in [0.1, 0.15) is 6.04 Å². The van der Waals surface area contributed by atoms with Crippen LogP contribution in [0.5, 0.6) is 0 Å². The van der Waals surface area contributed by atoms with Crippen LogP contribution in [0, 0.1) is 5.92 Å². The highest BCUT2D eigenvalue weighted by Crippen LogP contribution is 2.15. The molecular formula is C12H20N2O5. The Hall–Kier alpha value is -1.63. The van der Waals surface area contributed by atoms with Gasteiger partial charge in [-0.2, -0.15) is 0 Å². The van der Waals surface area contributed by atoms with Crippen molar-refractivity contribution in [2.75, 3.05) is 13.1 Å². The van der Waals surface area contributed by atoms with Crippen molar-refractivity contribution >= 4 is 17.8 Å². The highest BCUT2D eigenvalue weighted by Gasteiger charge is 2.23. The van der Waals surface area contributed by atoms with E-state index in [4.69, 9.17) is 10.2 Å². The summed E-state index contributed by atoms with van der Waals surface area (Å²) in [5.41, 5.74) is 0. The molecule has 0 radical (unpaired) electrons. The van der Waals surface area contributed by atoms with Crippen molar-refractivity contribution in [3.63, 3.8) is 0 Å². The first-order chi connectivity index (χ1) is 8.99. The first-order valence-electron chi connectivity index (χ1n) is 6.43. The van der Waals surface area contributed by atoms with E-state index in [0.717, 1.165) is 25.9 Å². The molecule has 0 aromatic heterocycles. The predicted octanol–water partition coefficient (Wildman–Crippen LogP) is -0.190. The van der Waals surface area contributed by atoms with Crippen LogP contribution in [0.4, 0.5) is 0 Å². The number of nitrogens with one attached hydrogen (secondary N) is 2. The molecule has 7 heteroatoms. The number of rotatable bonds is 7. The molecule has 7 nitrogen and oxygen atoms in total. The second-order valence-corrected chi connectivity index (χ2v) is 4.79. The van der Waals surface area contributed by atoms with Crippen LogP contribution in [0.1, 0.15) is 32.1 Å². The molecule has 0 bridgehead atoms. The van der Waals surface area contributed by atoms with E-state index in [1.165, 1.54) is 0 Å². The van der Waals surface area contributed by atoms with Gasteiger partial charge in [-0.15, -0.1) is 0 Å². The topological polar surface area (TPSA) is 116 Å². The van der Waals surface area contributed by atoms with Gasteiger partial charge in [-0.1, -0.05) is 0 Å². The summed E-state index contributed by atoms with van der Waals surface area (Å²) in [7, 11) is 0. The molecule has 4 N–H and O–H groups in total. The van der Waals surface area contributed by atoms with E-state index in [0.29, 0.717) is 6.42 Å². The van der Waals surface area contributed by atoms with Crippen molar-refractivity contribution in [1.82, 2.24) is 10.6 Å². The van der Waals surface area contributed by atoms with Crippen LogP contribution in [0.15, 0.2) is 0 Å². The molecule has 0 saturated carbocycles. The fourth-order valence-corrected chi connectivity index (χ4v) is 2.13. The highest BCUT2D eigenvalue weighted by molar-refractivity contribution is 5.84. The molecule has 0 aromatic rings.